The largest absolute Gasteiger partial charge is 0.360 e. The molecular weight excluding hydrogens is 492 g/mol. The van der Waals surface area contributed by atoms with E-state index in [1.807, 2.05) is 63.0 Å². The highest BCUT2D eigenvalue weighted by Crippen LogP contribution is 2.25. The summed E-state index contributed by atoms with van der Waals surface area (Å²) >= 11 is 0. The molecule has 0 atom stereocenters. The van der Waals surface area contributed by atoms with E-state index in [2.05, 4.69) is 43.9 Å². The third-order valence-electron chi connectivity index (χ3n) is 7.14. The van der Waals surface area contributed by atoms with Crippen LogP contribution in [0, 0.1) is 6.92 Å². The van der Waals surface area contributed by atoms with Crippen molar-refractivity contribution in [1.29, 1.82) is 0 Å². The lowest BCUT2D eigenvalue weighted by Gasteiger charge is -2.28. The quantitative estimate of drug-likeness (QED) is 0.349. The Labute approximate surface area is 228 Å². The number of piperidine rings is 1. The zero-order chi connectivity index (χ0) is 27.6. The molecule has 4 heterocycles. The van der Waals surface area contributed by atoms with Gasteiger partial charge in [0.15, 0.2) is 5.69 Å². The van der Waals surface area contributed by atoms with E-state index in [1.165, 1.54) is 0 Å². The van der Waals surface area contributed by atoms with Crippen molar-refractivity contribution in [3.8, 4) is 11.3 Å². The number of anilines is 2. The molecule has 10 nitrogen and oxygen atoms in total. The molecule has 0 spiro atoms. The van der Waals surface area contributed by atoms with E-state index in [1.54, 1.807) is 12.3 Å². The van der Waals surface area contributed by atoms with Gasteiger partial charge in [-0.15, -0.1) is 0 Å². The molecule has 0 aliphatic carbocycles. The van der Waals surface area contributed by atoms with Gasteiger partial charge in [0.2, 0.25) is 5.95 Å². The van der Waals surface area contributed by atoms with Crippen molar-refractivity contribution >= 4 is 17.5 Å². The molecule has 3 aromatic heterocycles. The molecule has 204 valence electrons. The number of likely N-dealkylation sites (tertiary alicyclic amines) is 1. The van der Waals surface area contributed by atoms with Crippen molar-refractivity contribution in [3.05, 3.63) is 71.5 Å². The Morgan fingerprint density at radius 1 is 1.15 bits per heavy atom. The Morgan fingerprint density at radius 2 is 1.95 bits per heavy atom. The van der Waals surface area contributed by atoms with E-state index < -0.39 is 0 Å². The predicted molar refractivity (Wildman–Crippen MR) is 150 cm³/mol. The minimum atomic E-state index is -0.261. The van der Waals surface area contributed by atoms with Gasteiger partial charge in [-0.1, -0.05) is 38.1 Å². The monoisotopic (exact) mass is 528 g/mol. The van der Waals surface area contributed by atoms with Crippen LogP contribution in [0.15, 0.2) is 53.4 Å². The standard InChI is InChI=1S/C29H36N8O2/c1-19-14-20(6-7-21(19)16-31-27(38)25-15-26(39-35-25)29(2,3)4)24-8-11-30-28(34-24)33-22-17-32-37(18-22)23-9-12-36(5)13-10-23/h6-8,11,14-15,17-18,23H,9-10,12-13,16H2,1-5H3,(H,31,38)(H,30,33,34). The molecule has 1 aliphatic rings. The van der Waals surface area contributed by atoms with Gasteiger partial charge in [-0.2, -0.15) is 5.10 Å². The van der Waals surface area contributed by atoms with Gasteiger partial charge in [0.05, 0.1) is 23.6 Å². The molecular formula is C29H36N8O2. The average Bonchev–Trinajstić information content (AvgIpc) is 3.59. The van der Waals surface area contributed by atoms with Crippen LogP contribution in [-0.4, -0.2) is 55.8 Å². The summed E-state index contributed by atoms with van der Waals surface area (Å²) in [4.78, 5) is 24.1. The van der Waals surface area contributed by atoms with Crippen LogP contribution in [0.3, 0.4) is 0 Å². The van der Waals surface area contributed by atoms with E-state index in [9.17, 15) is 4.79 Å². The number of aryl methyl sites for hydroxylation is 1. The summed E-state index contributed by atoms with van der Waals surface area (Å²) in [5.74, 6) is 0.938. The van der Waals surface area contributed by atoms with Gasteiger partial charge in [0, 0.05) is 36.0 Å². The molecule has 10 heteroatoms. The van der Waals surface area contributed by atoms with Crippen LogP contribution < -0.4 is 10.6 Å². The van der Waals surface area contributed by atoms with Crippen LogP contribution in [0.25, 0.3) is 11.3 Å². The molecule has 0 saturated carbocycles. The highest BCUT2D eigenvalue weighted by molar-refractivity contribution is 5.92. The molecule has 0 unspecified atom stereocenters. The molecule has 5 rings (SSSR count). The second-order valence-corrected chi connectivity index (χ2v) is 11.3. The minimum Gasteiger partial charge on any atom is -0.360 e. The van der Waals surface area contributed by atoms with Gasteiger partial charge < -0.3 is 20.1 Å². The average molecular weight is 529 g/mol. The summed E-state index contributed by atoms with van der Waals surface area (Å²) in [5, 5.41) is 14.7. The Balaban J connectivity index is 1.22. The van der Waals surface area contributed by atoms with E-state index >= 15 is 0 Å². The predicted octanol–water partition coefficient (Wildman–Crippen LogP) is 4.87. The number of nitrogens with zero attached hydrogens (tertiary/aromatic N) is 6. The maximum absolute atomic E-state index is 12.6. The third-order valence-corrected chi connectivity index (χ3v) is 7.14. The Hall–Kier alpha value is -4.05. The van der Waals surface area contributed by atoms with Crippen LogP contribution in [-0.2, 0) is 12.0 Å². The molecule has 1 fully saturated rings. The van der Waals surface area contributed by atoms with E-state index in [-0.39, 0.29) is 17.0 Å². The molecule has 1 aromatic carbocycles. The zero-order valence-corrected chi connectivity index (χ0v) is 23.2. The second-order valence-electron chi connectivity index (χ2n) is 11.3. The van der Waals surface area contributed by atoms with Gasteiger partial charge in [0.1, 0.15) is 5.76 Å². The molecule has 1 saturated heterocycles. The summed E-state index contributed by atoms with van der Waals surface area (Å²) in [6.07, 6.45) is 7.80. The molecule has 2 N–H and O–H groups in total. The maximum Gasteiger partial charge on any atom is 0.273 e. The number of amides is 1. The first-order valence-electron chi connectivity index (χ1n) is 13.3. The van der Waals surface area contributed by atoms with Gasteiger partial charge in [0.25, 0.3) is 5.91 Å². The highest BCUT2D eigenvalue weighted by atomic mass is 16.5. The Kier molecular flexibility index (Phi) is 7.47. The summed E-state index contributed by atoms with van der Waals surface area (Å²) in [7, 11) is 2.16. The molecule has 1 amide bonds. The van der Waals surface area contributed by atoms with Crippen molar-refractivity contribution in [2.45, 2.75) is 58.5 Å². The van der Waals surface area contributed by atoms with Crippen LogP contribution in [0.2, 0.25) is 0 Å². The summed E-state index contributed by atoms with van der Waals surface area (Å²) in [6.45, 7) is 10.6. The van der Waals surface area contributed by atoms with Crippen LogP contribution in [0.1, 0.15) is 67.0 Å². The lowest BCUT2D eigenvalue weighted by molar-refractivity contribution is 0.0941. The highest BCUT2D eigenvalue weighted by Gasteiger charge is 2.22. The molecule has 1 aliphatic heterocycles. The number of carbonyl (C=O) groups excluding carboxylic acids is 1. The topological polar surface area (TPSA) is 114 Å². The minimum absolute atomic E-state index is 0.206. The Bertz CT molecular complexity index is 1440. The fraction of sp³-hybridized carbons (Fsp3) is 0.414. The lowest BCUT2D eigenvalue weighted by Crippen LogP contribution is -2.31. The van der Waals surface area contributed by atoms with Gasteiger partial charge >= 0.3 is 0 Å². The summed E-state index contributed by atoms with van der Waals surface area (Å²) < 4.78 is 7.38. The van der Waals surface area contributed by atoms with Crippen LogP contribution in [0.5, 0.6) is 0 Å². The second kappa shape index (κ2) is 11.0. The summed E-state index contributed by atoms with van der Waals surface area (Å²) in [5.41, 5.74) is 4.80. The number of nitrogens with one attached hydrogen (secondary N) is 2. The Morgan fingerprint density at radius 3 is 2.67 bits per heavy atom. The SMILES string of the molecule is Cc1cc(-c2ccnc(Nc3cnn(C4CCN(C)CC4)c3)n2)ccc1CNC(=O)c1cc(C(C)(C)C)on1. The van der Waals surface area contributed by atoms with E-state index in [4.69, 9.17) is 9.51 Å². The zero-order valence-electron chi connectivity index (χ0n) is 23.2. The number of rotatable bonds is 7. The molecule has 0 bridgehead atoms. The first kappa shape index (κ1) is 26.6. The van der Waals surface area contributed by atoms with Crippen molar-refractivity contribution in [2.24, 2.45) is 0 Å². The van der Waals surface area contributed by atoms with Crippen LogP contribution in [0.4, 0.5) is 11.6 Å². The van der Waals surface area contributed by atoms with E-state index in [0.29, 0.717) is 24.3 Å². The number of aromatic nitrogens is 5. The number of carbonyl (C=O) groups is 1. The normalized spacial score (nSPS) is 14.9. The van der Waals surface area contributed by atoms with Crippen molar-refractivity contribution < 1.29 is 9.32 Å². The fourth-order valence-electron chi connectivity index (χ4n) is 4.63. The van der Waals surface area contributed by atoms with Crippen molar-refractivity contribution in [1.82, 2.24) is 35.1 Å². The number of hydrogen-bond acceptors (Lipinski definition) is 8. The smallest absolute Gasteiger partial charge is 0.273 e. The summed E-state index contributed by atoms with van der Waals surface area (Å²) in [6, 6.07) is 10.1. The van der Waals surface area contributed by atoms with Crippen molar-refractivity contribution in [3.63, 3.8) is 0 Å². The van der Waals surface area contributed by atoms with Crippen molar-refractivity contribution in [2.75, 3.05) is 25.5 Å². The van der Waals surface area contributed by atoms with Gasteiger partial charge in [-0.25, -0.2) is 9.97 Å². The molecule has 39 heavy (non-hydrogen) atoms. The first-order chi connectivity index (χ1) is 18.7. The number of hydrogen-bond donors (Lipinski definition) is 2. The molecule has 0 radical (unpaired) electrons. The fourth-order valence-corrected chi connectivity index (χ4v) is 4.63. The van der Waals surface area contributed by atoms with Gasteiger partial charge in [-0.3, -0.25) is 9.48 Å². The molecule has 4 aromatic rings. The maximum atomic E-state index is 12.6. The van der Waals surface area contributed by atoms with E-state index in [0.717, 1.165) is 54.0 Å². The number of benzene rings is 1. The first-order valence-corrected chi connectivity index (χ1v) is 13.3. The van der Waals surface area contributed by atoms with Gasteiger partial charge in [-0.05, 0) is 63.2 Å². The lowest BCUT2D eigenvalue weighted by atomic mass is 9.93. The third kappa shape index (κ3) is 6.34. The van der Waals surface area contributed by atoms with Crippen LogP contribution >= 0.6 is 0 Å².